The van der Waals surface area contributed by atoms with E-state index in [0.717, 1.165) is 54.0 Å². The molecule has 51 heavy (non-hydrogen) atoms. The topological polar surface area (TPSA) is 142 Å². The minimum absolute atomic E-state index is 0.00764. The van der Waals surface area contributed by atoms with Crippen LogP contribution in [-0.4, -0.2) is 86.7 Å². The van der Waals surface area contributed by atoms with Gasteiger partial charge in [0.25, 0.3) is 5.91 Å². The molecular weight excluding hydrogens is 695 g/mol. The SMILES string of the molecule is CC(C)(C)OC(=O)N1CCn2ncc(-c3cn(Cc4cc(C5CCN(C(=O)c6cnn(-c7ccc(Cl)cc7Cl)c6C6CC6)CC5)no4)nn3)c2C1. The molecule has 0 spiro atoms. The summed E-state index contributed by atoms with van der Waals surface area (Å²) in [6.45, 7) is 8.61. The molecule has 2 fully saturated rings. The number of amides is 2. The molecule has 1 saturated heterocycles. The molecule has 6 heterocycles. The van der Waals surface area contributed by atoms with Crippen molar-refractivity contribution < 1.29 is 18.8 Å². The molecule has 0 atom stereocenters. The van der Waals surface area contributed by atoms with Crippen molar-refractivity contribution in [3.05, 3.63) is 81.3 Å². The zero-order chi connectivity index (χ0) is 35.4. The van der Waals surface area contributed by atoms with Crippen molar-refractivity contribution in [3.8, 4) is 16.9 Å². The highest BCUT2D eigenvalue weighted by molar-refractivity contribution is 6.35. The third kappa shape index (κ3) is 6.86. The molecule has 16 heteroatoms. The van der Waals surface area contributed by atoms with E-state index in [2.05, 4.69) is 25.7 Å². The summed E-state index contributed by atoms with van der Waals surface area (Å²) in [5, 5.41) is 23.3. The average Bonchev–Trinajstić information content (AvgIpc) is 3.46. The molecule has 0 bridgehead atoms. The molecule has 0 N–H and O–H groups in total. The minimum Gasteiger partial charge on any atom is -0.444 e. The van der Waals surface area contributed by atoms with Crippen LogP contribution in [0.1, 0.15) is 91.5 Å². The molecule has 2 amide bonds. The van der Waals surface area contributed by atoms with Gasteiger partial charge in [-0.15, -0.1) is 5.10 Å². The summed E-state index contributed by atoms with van der Waals surface area (Å²) in [7, 11) is 0. The summed E-state index contributed by atoms with van der Waals surface area (Å²) in [6.07, 6.45) is 8.51. The molecule has 5 aromatic rings. The van der Waals surface area contributed by atoms with E-state index in [9.17, 15) is 9.59 Å². The fourth-order valence-corrected chi connectivity index (χ4v) is 7.35. The Balaban J connectivity index is 0.894. The summed E-state index contributed by atoms with van der Waals surface area (Å²) in [4.78, 5) is 30.1. The van der Waals surface area contributed by atoms with Crippen molar-refractivity contribution in [2.45, 2.75) is 83.5 Å². The van der Waals surface area contributed by atoms with Crippen molar-refractivity contribution in [3.63, 3.8) is 0 Å². The standard InChI is InChI=1S/C35H38Cl2N10O4/c1-35(2,3)50-34(49)44-12-13-46-31(20-44)25(16-38-46)29-19-45(42-40-29)18-24-15-28(41-51-24)21-8-10-43(11-9-21)33(48)26-17-39-47(32(26)22-4-5-22)30-7-6-23(36)14-27(30)37/h6-7,14-17,19,21-22H,4-5,8-13,18,20H2,1-3H3. The second kappa shape index (κ2) is 13.1. The van der Waals surface area contributed by atoms with Gasteiger partial charge in [0, 0.05) is 48.1 Å². The summed E-state index contributed by atoms with van der Waals surface area (Å²) >= 11 is 12.6. The number of carbonyl (C=O) groups excluding carboxylic acids is 2. The van der Waals surface area contributed by atoms with Gasteiger partial charge in [-0.05, 0) is 64.7 Å². The first-order valence-corrected chi connectivity index (χ1v) is 18.0. The third-order valence-corrected chi connectivity index (χ3v) is 10.1. The van der Waals surface area contributed by atoms with Gasteiger partial charge in [0.15, 0.2) is 5.76 Å². The van der Waals surface area contributed by atoms with Gasteiger partial charge in [0.1, 0.15) is 17.8 Å². The molecule has 14 nitrogen and oxygen atoms in total. The van der Waals surface area contributed by atoms with Gasteiger partial charge < -0.3 is 19.1 Å². The van der Waals surface area contributed by atoms with Crippen LogP contribution < -0.4 is 0 Å². The van der Waals surface area contributed by atoms with E-state index in [4.69, 9.17) is 32.5 Å². The van der Waals surface area contributed by atoms with Crippen molar-refractivity contribution in [1.29, 1.82) is 0 Å². The molecule has 0 unspecified atom stereocenters. The first kappa shape index (κ1) is 33.5. The van der Waals surface area contributed by atoms with E-state index in [1.165, 1.54) is 0 Å². The minimum atomic E-state index is -0.571. The highest BCUT2D eigenvalue weighted by atomic mass is 35.5. The van der Waals surface area contributed by atoms with E-state index in [1.807, 2.05) is 48.7 Å². The molecule has 8 rings (SSSR count). The lowest BCUT2D eigenvalue weighted by atomic mass is 9.93. The Bertz CT molecular complexity index is 2100. The first-order valence-electron chi connectivity index (χ1n) is 17.2. The van der Waals surface area contributed by atoms with Gasteiger partial charge in [-0.1, -0.05) is 33.6 Å². The van der Waals surface area contributed by atoms with Crippen LogP contribution in [0, 0.1) is 0 Å². The number of hydrogen-bond acceptors (Lipinski definition) is 9. The maximum Gasteiger partial charge on any atom is 0.410 e. The second-order valence-corrected chi connectivity index (χ2v) is 15.3. The van der Waals surface area contributed by atoms with Crippen LogP contribution in [0.5, 0.6) is 0 Å². The quantitative estimate of drug-likeness (QED) is 0.188. The Kier molecular flexibility index (Phi) is 8.61. The van der Waals surface area contributed by atoms with E-state index < -0.39 is 5.60 Å². The zero-order valence-corrected chi connectivity index (χ0v) is 30.1. The smallest absolute Gasteiger partial charge is 0.410 e. The second-order valence-electron chi connectivity index (χ2n) is 14.4. The summed E-state index contributed by atoms with van der Waals surface area (Å²) in [5.41, 5.74) is 4.93. The molecule has 3 aliphatic rings. The maximum absolute atomic E-state index is 13.8. The van der Waals surface area contributed by atoms with E-state index >= 15 is 0 Å². The third-order valence-electron chi connectivity index (χ3n) is 9.57. The predicted molar refractivity (Wildman–Crippen MR) is 187 cm³/mol. The predicted octanol–water partition coefficient (Wildman–Crippen LogP) is 6.32. The van der Waals surface area contributed by atoms with Gasteiger partial charge in [0.2, 0.25) is 0 Å². The highest BCUT2D eigenvalue weighted by Crippen LogP contribution is 2.44. The van der Waals surface area contributed by atoms with Crippen molar-refractivity contribution in [2.75, 3.05) is 19.6 Å². The number of hydrogen-bond donors (Lipinski definition) is 0. The summed E-state index contributed by atoms with van der Waals surface area (Å²) in [6, 6.07) is 7.28. The molecule has 1 aromatic carbocycles. The van der Waals surface area contributed by atoms with Crippen LogP contribution in [-0.2, 0) is 24.4 Å². The monoisotopic (exact) mass is 732 g/mol. The molecule has 1 aliphatic carbocycles. The molecule has 4 aromatic heterocycles. The number of carbonyl (C=O) groups is 2. The Morgan fingerprint density at radius 3 is 2.51 bits per heavy atom. The van der Waals surface area contributed by atoms with Gasteiger partial charge in [-0.3, -0.25) is 9.48 Å². The number of fused-ring (bicyclic) bond motifs is 1. The normalized spacial score (nSPS) is 16.8. The number of rotatable bonds is 7. The van der Waals surface area contributed by atoms with Crippen LogP contribution in [0.25, 0.3) is 16.9 Å². The summed E-state index contributed by atoms with van der Waals surface area (Å²) < 4.78 is 16.7. The highest BCUT2D eigenvalue weighted by Gasteiger charge is 2.36. The van der Waals surface area contributed by atoms with Gasteiger partial charge >= 0.3 is 6.09 Å². The van der Waals surface area contributed by atoms with Crippen LogP contribution in [0.15, 0.2) is 47.4 Å². The number of ether oxygens (including phenoxy) is 1. The molecule has 2 aliphatic heterocycles. The van der Waals surface area contributed by atoms with E-state index in [-0.39, 0.29) is 23.8 Å². The molecule has 1 saturated carbocycles. The number of piperidine rings is 1. The maximum atomic E-state index is 13.8. The lowest BCUT2D eigenvalue weighted by Gasteiger charge is -2.31. The molecule has 266 valence electrons. The zero-order valence-electron chi connectivity index (χ0n) is 28.6. The fourth-order valence-electron chi connectivity index (χ4n) is 6.86. The van der Waals surface area contributed by atoms with Crippen LogP contribution in [0.3, 0.4) is 0 Å². The van der Waals surface area contributed by atoms with E-state index in [0.29, 0.717) is 66.3 Å². The number of halogens is 2. The molecular formula is C35H38Cl2N10O4. The average molecular weight is 734 g/mol. The van der Waals surface area contributed by atoms with Gasteiger partial charge in [-0.25, -0.2) is 14.2 Å². The Morgan fingerprint density at radius 2 is 1.76 bits per heavy atom. The summed E-state index contributed by atoms with van der Waals surface area (Å²) in [5.74, 6) is 1.11. The van der Waals surface area contributed by atoms with Crippen molar-refractivity contribution in [2.24, 2.45) is 0 Å². The lowest BCUT2D eigenvalue weighted by molar-refractivity contribution is 0.0194. The Morgan fingerprint density at radius 1 is 0.961 bits per heavy atom. The van der Waals surface area contributed by atoms with Gasteiger partial charge in [0.05, 0.1) is 65.0 Å². The van der Waals surface area contributed by atoms with Crippen molar-refractivity contribution >= 4 is 35.2 Å². The van der Waals surface area contributed by atoms with Gasteiger partial charge in [-0.2, -0.15) is 10.2 Å². The Hall–Kier alpha value is -4.69. The van der Waals surface area contributed by atoms with Crippen LogP contribution in [0.2, 0.25) is 10.0 Å². The largest absolute Gasteiger partial charge is 0.444 e. The number of likely N-dealkylation sites (tertiary alicyclic amines) is 1. The number of nitrogens with zero attached hydrogens (tertiary/aromatic N) is 10. The Labute approximate surface area is 304 Å². The van der Waals surface area contributed by atoms with Crippen molar-refractivity contribution in [1.82, 2.24) is 49.5 Å². The van der Waals surface area contributed by atoms with Crippen LogP contribution >= 0.6 is 23.2 Å². The van der Waals surface area contributed by atoms with Crippen LogP contribution in [0.4, 0.5) is 4.79 Å². The first-order chi connectivity index (χ1) is 24.5. The number of aromatic nitrogens is 8. The molecule has 0 radical (unpaired) electrons. The fraction of sp³-hybridized carbons (Fsp3) is 0.457. The number of benzene rings is 1. The van der Waals surface area contributed by atoms with E-state index in [1.54, 1.807) is 38.8 Å². The lowest BCUT2D eigenvalue weighted by Crippen LogP contribution is -2.41.